The first kappa shape index (κ1) is 11.8. The number of nitrogens with zero attached hydrogens (tertiary/aromatic N) is 2. The van der Waals surface area contributed by atoms with Crippen LogP contribution < -0.4 is 5.43 Å². The molecule has 1 aromatic heterocycles. The molecule has 5 heteroatoms. The summed E-state index contributed by atoms with van der Waals surface area (Å²) in [6, 6.07) is 11.3. The number of pyridine rings is 1. The minimum absolute atomic E-state index is 0.114. The summed E-state index contributed by atoms with van der Waals surface area (Å²) in [5.74, 6) is -0.231. The van der Waals surface area contributed by atoms with Crippen molar-refractivity contribution in [3.63, 3.8) is 0 Å². The van der Waals surface area contributed by atoms with Gasteiger partial charge < -0.3 is 5.11 Å². The quantitative estimate of drug-likeness (QED) is 0.632. The van der Waals surface area contributed by atoms with Crippen LogP contribution in [0.15, 0.2) is 53.8 Å². The monoisotopic (exact) mass is 241 g/mol. The first-order valence-electron chi connectivity index (χ1n) is 5.29. The topological polar surface area (TPSA) is 74.6 Å². The number of amides is 1. The number of phenols is 1. The highest BCUT2D eigenvalue weighted by Crippen LogP contribution is 2.09. The molecule has 0 aliphatic rings. The van der Waals surface area contributed by atoms with Crippen LogP contribution in [0.2, 0.25) is 0 Å². The van der Waals surface area contributed by atoms with E-state index in [2.05, 4.69) is 15.5 Å². The van der Waals surface area contributed by atoms with Crippen molar-refractivity contribution < 1.29 is 9.90 Å². The zero-order valence-corrected chi connectivity index (χ0v) is 9.45. The molecular formula is C13H11N3O2. The van der Waals surface area contributed by atoms with Crippen molar-refractivity contribution in [3.05, 3.63) is 59.9 Å². The van der Waals surface area contributed by atoms with Crippen LogP contribution in [0.5, 0.6) is 5.75 Å². The molecule has 1 heterocycles. The van der Waals surface area contributed by atoms with Gasteiger partial charge in [0.05, 0.1) is 11.9 Å². The summed E-state index contributed by atoms with van der Waals surface area (Å²) in [4.78, 5) is 15.6. The summed E-state index contributed by atoms with van der Waals surface area (Å²) in [5, 5.41) is 12.9. The molecule has 2 aromatic rings. The first-order valence-corrected chi connectivity index (χ1v) is 5.29. The lowest BCUT2D eigenvalue weighted by atomic mass is 10.2. The average molecular weight is 241 g/mol. The van der Waals surface area contributed by atoms with E-state index in [0.29, 0.717) is 11.3 Å². The Bertz CT molecular complexity index is 550. The Hall–Kier alpha value is -2.69. The fourth-order valence-corrected chi connectivity index (χ4v) is 1.29. The molecule has 0 radical (unpaired) electrons. The van der Waals surface area contributed by atoms with Crippen molar-refractivity contribution in [2.24, 2.45) is 5.10 Å². The molecule has 0 atom stereocenters. The van der Waals surface area contributed by atoms with Gasteiger partial charge in [-0.25, -0.2) is 5.43 Å². The largest absolute Gasteiger partial charge is 0.508 e. The third kappa shape index (κ3) is 3.15. The second kappa shape index (κ2) is 5.58. The number of phenolic OH excluding ortho intramolecular Hbond substituents is 1. The predicted molar refractivity (Wildman–Crippen MR) is 67.4 cm³/mol. The third-order valence-electron chi connectivity index (χ3n) is 2.18. The van der Waals surface area contributed by atoms with Gasteiger partial charge in [0.2, 0.25) is 0 Å². The van der Waals surface area contributed by atoms with Gasteiger partial charge in [0.15, 0.2) is 0 Å². The molecule has 0 bridgehead atoms. The molecular weight excluding hydrogens is 230 g/mol. The van der Waals surface area contributed by atoms with Crippen molar-refractivity contribution in [3.8, 4) is 5.75 Å². The minimum atomic E-state index is -0.345. The standard InChI is InChI=1S/C13H11N3O2/c17-12-6-4-10(5-7-12)13(18)16-15-9-11-3-1-2-8-14-11/h1-9,17H,(H,16,18)/b15-9+. The van der Waals surface area contributed by atoms with Crippen LogP contribution in [-0.4, -0.2) is 22.2 Å². The van der Waals surface area contributed by atoms with Crippen molar-refractivity contribution in [1.82, 2.24) is 10.4 Å². The van der Waals surface area contributed by atoms with Crippen LogP contribution in [0, 0.1) is 0 Å². The maximum atomic E-state index is 11.6. The van der Waals surface area contributed by atoms with Crippen LogP contribution in [0.3, 0.4) is 0 Å². The van der Waals surface area contributed by atoms with E-state index >= 15 is 0 Å². The smallest absolute Gasteiger partial charge is 0.271 e. The van der Waals surface area contributed by atoms with Crippen molar-refractivity contribution in [2.75, 3.05) is 0 Å². The van der Waals surface area contributed by atoms with Crippen LogP contribution in [0.4, 0.5) is 0 Å². The lowest BCUT2D eigenvalue weighted by Crippen LogP contribution is -2.17. The van der Waals surface area contributed by atoms with Crippen molar-refractivity contribution in [1.29, 1.82) is 0 Å². The van der Waals surface area contributed by atoms with E-state index in [1.165, 1.54) is 30.5 Å². The molecule has 90 valence electrons. The minimum Gasteiger partial charge on any atom is -0.508 e. The summed E-state index contributed by atoms with van der Waals surface area (Å²) >= 11 is 0. The highest BCUT2D eigenvalue weighted by molar-refractivity contribution is 5.94. The summed E-state index contributed by atoms with van der Waals surface area (Å²) in [7, 11) is 0. The fraction of sp³-hybridized carbons (Fsp3) is 0. The second-order valence-corrected chi connectivity index (χ2v) is 3.50. The number of rotatable bonds is 3. The number of aromatic nitrogens is 1. The Labute approximate surface area is 104 Å². The molecule has 1 amide bonds. The van der Waals surface area contributed by atoms with Crippen LogP contribution in [0.1, 0.15) is 16.1 Å². The number of carbonyl (C=O) groups is 1. The van der Waals surface area contributed by atoms with Gasteiger partial charge in [-0.3, -0.25) is 9.78 Å². The Morgan fingerprint density at radius 2 is 2.00 bits per heavy atom. The van der Waals surface area contributed by atoms with Gasteiger partial charge in [-0.2, -0.15) is 5.10 Å². The normalized spacial score (nSPS) is 10.4. The highest BCUT2D eigenvalue weighted by Gasteiger charge is 2.02. The SMILES string of the molecule is O=C(N/N=C/c1ccccn1)c1ccc(O)cc1. The molecule has 0 saturated heterocycles. The zero-order chi connectivity index (χ0) is 12.8. The van der Waals surface area contributed by atoms with Crippen molar-refractivity contribution >= 4 is 12.1 Å². The number of nitrogens with one attached hydrogen (secondary N) is 1. The lowest BCUT2D eigenvalue weighted by molar-refractivity contribution is 0.0955. The van der Waals surface area contributed by atoms with Crippen molar-refractivity contribution in [2.45, 2.75) is 0 Å². The molecule has 0 aliphatic carbocycles. The van der Waals surface area contributed by atoms with Gasteiger partial charge in [-0.1, -0.05) is 6.07 Å². The van der Waals surface area contributed by atoms with Gasteiger partial charge in [-0.15, -0.1) is 0 Å². The molecule has 18 heavy (non-hydrogen) atoms. The molecule has 5 nitrogen and oxygen atoms in total. The molecule has 0 fully saturated rings. The third-order valence-corrected chi connectivity index (χ3v) is 2.18. The molecule has 0 spiro atoms. The summed E-state index contributed by atoms with van der Waals surface area (Å²) < 4.78 is 0. The molecule has 2 N–H and O–H groups in total. The number of hydrazone groups is 1. The number of carbonyl (C=O) groups excluding carboxylic acids is 1. The fourth-order valence-electron chi connectivity index (χ4n) is 1.29. The second-order valence-electron chi connectivity index (χ2n) is 3.50. The van der Waals surface area contributed by atoms with Gasteiger partial charge in [0.1, 0.15) is 5.75 Å². The summed E-state index contributed by atoms with van der Waals surface area (Å²) in [6.07, 6.45) is 3.10. The Morgan fingerprint density at radius 1 is 1.22 bits per heavy atom. The van der Waals surface area contributed by atoms with Crippen LogP contribution in [-0.2, 0) is 0 Å². The van der Waals surface area contributed by atoms with E-state index in [1.54, 1.807) is 18.3 Å². The van der Waals surface area contributed by atoms with E-state index < -0.39 is 0 Å². The van der Waals surface area contributed by atoms with E-state index in [4.69, 9.17) is 5.11 Å². The number of benzene rings is 1. The highest BCUT2D eigenvalue weighted by atomic mass is 16.3. The molecule has 2 rings (SSSR count). The Kier molecular flexibility index (Phi) is 3.66. The maximum absolute atomic E-state index is 11.6. The number of hydrogen-bond donors (Lipinski definition) is 2. The van der Waals surface area contributed by atoms with Crippen LogP contribution in [0.25, 0.3) is 0 Å². The molecule has 0 aliphatic heterocycles. The lowest BCUT2D eigenvalue weighted by Gasteiger charge is -1.99. The number of aromatic hydroxyl groups is 1. The average Bonchev–Trinajstić information content (AvgIpc) is 2.40. The van der Waals surface area contributed by atoms with Gasteiger partial charge in [0, 0.05) is 11.8 Å². The Balaban J connectivity index is 1.96. The van der Waals surface area contributed by atoms with Gasteiger partial charge >= 0.3 is 0 Å². The number of hydrogen-bond acceptors (Lipinski definition) is 4. The summed E-state index contributed by atoms with van der Waals surface area (Å²) in [5.41, 5.74) is 3.45. The Morgan fingerprint density at radius 3 is 2.67 bits per heavy atom. The predicted octanol–water partition coefficient (Wildman–Crippen LogP) is 1.55. The van der Waals surface area contributed by atoms with Gasteiger partial charge in [0.25, 0.3) is 5.91 Å². The van der Waals surface area contributed by atoms with E-state index in [-0.39, 0.29) is 11.7 Å². The van der Waals surface area contributed by atoms with Gasteiger partial charge in [-0.05, 0) is 36.4 Å². The van der Waals surface area contributed by atoms with Crippen LogP contribution >= 0.6 is 0 Å². The summed E-state index contributed by atoms with van der Waals surface area (Å²) in [6.45, 7) is 0. The molecule has 1 aromatic carbocycles. The van der Waals surface area contributed by atoms with E-state index in [1.807, 2.05) is 6.07 Å². The molecule has 0 saturated carbocycles. The zero-order valence-electron chi connectivity index (χ0n) is 9.45. The maximum Gasteiger partial charge on any atom is 0.271 e. The van der Waals surface area contributed by atoms with E-state index in [9.17, 15) is 4.79 Å². The first-order chi connectivity index (χ1) is 8.75. The van der Waals surface area contributed by atoms with E-state index in [0.717, 1.165) is 0 Å². The molecule has 0 unspecified atom stereocenters.